The van der Waals surface area contributed by atoms with Gasteiger partial charge in [0.25, 0.3) is 0 Å². The number of hydrogen-bond donors (Lipinski definition) is 3. The summed E-state index contributed by atoms with van der Waals surface area (Å²) in [6.07, 6.45) is 0.549. The molecule has 0 aliphatic rings. The lowest BCUT2D eigenvalue weighted by Crippen LogP contribution is -2.18. The molecule has 4 rings (SSSR count). The van der Waals surface area contributed by atoms with Crippen LogP contribution >= 0.6 is 0 Å². The second kappa shape index (κ2) is 6.68. The molecule has 1 amide bonds. The van der Waals surface area contributed by atoms with E-state index >= 15 is 0 Å². The minimum absolute atomic E-state index is 0.0282. The van der Waals surface area contributed by atoms with Crippen molar-refractivity contribution in [3.05, 3.63) is 63.6 Å². The van der Waals surface area contributed by atoms with E-state index in [0.717, 1.165) is 22.3 Å². The fourth-order valence-electron chi connectivity index (χ4n) is 3.23. The van der Waals surface area contributed by atoms with Crippen molar-refractivity contribution in [2.24, 2.45) is 0 Å². The molecule has 7 nitrogen and oxygen atoms in total. The molecule has 136 valence electrons. The van der Waals surface area contributed by atoms with Crippen LogP contribution in [0.25, 0.3) is 21.9 Å². The molecule has 3 N–H and O–H groups in total. The van der Waals surface area contributed by atoms with Crippen LogP contribution in [-0.2, 0) is 11.2 Å². The van der Waals surface area contributed by atoms with Crippen molar-refractivity contribution in [1.82, 2.24) is 20.2 Å². The Hall–Kier alpha value is -3.48. The third kappa shape index (κ3) is 3.19. The molecule has 0 radical (unpaired) electrons. The molecule has 3 aromatic heterocycles. The van der Waals surface area contributed by atoms with Crippen molar-refractivity contribution in [2.75, 3.05) is 5.32 Å². The minimum Gasteiger partial charge on any atom is -0.358 e. The Morgan fingerprint density at radius 3 is 2.78 bits per heavy atom. The van der Waals surface area contributed by atoms with E-state index in [2.05, 4.69) is 25.5 Å². The van der Waals surface area contributed by atoms with E-state index in [9.17, 15) is 9.59 Å². The summed E-state index contributed by atoms with van der Waals surface area (Å²) in [5.74, 6) is 0.252. The van der Waals surface area contributed by atoms with Gasteiger partial charge in [-0.1, -0.05) is 12.1 Å². The van der Waals surface area contributed by atoms with Gasteiger partial charge in [0.05, 0.1) is 5.39 Å². The van der Waals surface area contributed by atoms with Gasteiger partial charge >= 0.3 is 0 Å². The van der Waals surface area contributed by atoms with E-state index in [4.69, 9.17) is 0 Å². The van der Waals surface area contributed by atoms with Gasteiger partial charge in [-0.2, -0.15) is 5.10 Å². The molecule has 0 unspecified atom stereocenters. The number of fused-ring (bicyclic) bond motifs is 2. The number of amides is 1. The van der Waals surface area contributed by atoms with E-state index in [-0.39, 0.29) is 17.8 Å². The number of hydrogen-bond acceptors (Lipinski definition) is 4. The van der Waals surface area contributed by atoms with Crippen molar-refractivity contribution >= 4 is 33.7 Å². The highest BCUT2D eigenvalue weighted by Crippen LogP contribution is 2.19. The van der Waals surface area contributed by atoms with Gasteiger partial charge in [-0.3, -0.25) is 14.7 Å². The number of carbonyl (C=O) groups is 1. The standard InChI is InChI=1S/C20H19N5O2/c1-11-7-8-15-19(21-11)24-25-20(15)23-17(26)10-9-13-12(2)22-16-6-4-3-5-14(16)18(13)27/h3-8H,9-10H2,1-2H3,(H,22,27)(H2,21,23,24,25,26). The van der Waals surface area contributed by atoms with Crippen molar-refractivity contribution in [2.45, 2.75) is 26.7 Å². The second-order valence-electron chi connectivity index (χ2n) is 6.57. The summed E-state index contributed by atoms with van der Waals surface area (Å²) >= 11 is 0. The molecule has 0 saturated carbocycles. The van der Waals surface area contributed by atoms with Crippen LogP contribution in [0.1, 0.15) is 23.4 Å². The van der Waals surface area contributed by atoms with Crippen LogP contribution in [0.2, 0.25) is 0 Å². The van der Waals surface area contributed by atoms with E-state index in [1.54, 1.807) is 6.07 Å². The summed E-state index contributed by atoms with van der Waals surface area (Å²) in [5, 5.41) is 11.1. The summed E-state index contributed by atoms with van der Waals surface area (Å²) < 4.78 is 0. The number of aromatic nitrogens is 4. The molecule has 0 fully saturated rings. The predicted octanol–water partition coefficient (Wildman–Crippen LogP) is 2.99. The molecule has 7 heteroatoms. The molecule has 0 spiro atoms. The Balaban J connectivity index is 1.52. The SMILES string of the molecule is Cc1ccc2c(NC(=O)CCc3c(C)[nH]c4ccccc4c3=O)n[nH]c2n1. The molecule has 0 saturated heterocycles. The quantitative estimate of drug-likeness (QED) is 0.520. The third-order valence-corrected chi connectivity index (χ3v) is 4.64. The van der Waals surface area contributed by atoms with Crippen LogP contribution in [-0.4, -0.2) is 26.1 Å². The lowest BCUT2D eigenvalue weighted by Gasteiger charge is -2.08. The average Bonchev–Trinajstić information content (AvgIpc) is 3.03. The maximum absolute atomic E-state index is 12.7. The molecule has 0 bridgehead atoms. The van der Waals surface area contributed by atoms with Crippen molar-refractivity contribution in [3.63, 3.8) is 0 Å². The van der Waals surface area contributed by atoms with Crippen LogP contribution in [0.4, 0.5) is 5.82 Å². The Morgan fingerprint density at radius 2 is 1.93 bits per heavy atom. The average molecular weight is 361 g/mol. The number of carbonyl (C=O) groups excluding carboxylic acids is 1. The van der Waals surface area contributed by atoms with Gasteiger partial charge in [0, 0.05) is 34.3 Å². The number of H-pyrrole nitrogens is 2. The lowest BCUT2D eigenvalue weighted by molar-refractivity contribution is -0.116. The highest BCUT2D eigenvalue weighted by Gasteiger charge is 2.13. The molecule has 1 aromatic carbocycles. The first kappa shape index (κ1) is 17.0. The Labute approximate surface area is 154 Å². The summed E-state index contributed by atoms with van der Waals surface area (Å²) in [5.41, 5.74) is 3.70. The van der Waals surface area contributed by atoms with Gasteiger partial charge in [0.1, 0.15) is 0 Å². The van der Waals surface area contributed by atoms with Gasteiger partial charge in [-0.05, 0) is 44.5 Å². The Bertz CT molecular complexity index is 1220. The van der Waals surface area contributed by atoms with Crippen molar-refractivity contribution in [3.8, 4) is 0 Å². The number of benzene rings is 1. The number of rotatable bonds is 4. The zero-order chi connectivity index (χ0) is 19.0. The van der Waals surface area contributed by atoms with Crippen LogP contribution in [0.15, 0.2) is 41.2 Å². The first-order valence-corrected chi connectivity index (χ1v) is 8.75. The number of nitrogens with one attached hydrogen (secondary N) is 3. The molecule has 4 aromatic rings. The topological polar surface area (TPSA) is 104 Å². The number of aromatic amines is 2. The Kier molecular flexibility index (Phi) is 4.19. The normalized spacial score (nSPS) is 11.2. The smallest absolute Gasteiger partial charge is 0.225 e. The van der Waals surface area contributed by atoms with Gasteiger partial charge in [-0.15, -0.1) is 0 Å². The first-order valence-electron chi connectivity index (χ1n) is 8.75. The molecule has 0 aliphatic heterocycles. The molecule has 3 heterocycles. The van der Waals surface area contributed by atoms with Crippen LogP contribution in [0.3, 0.4) is 0 Å². The summed E-state index contributed by atoms with van der Waals surface area (Å²) in [6, 6.07) is 11.1. The number of pyridine rings is 2. The summed E-state index contributed by atoms with van der Waals surface area (Å²) in [6.45, 7) is 3.75. The molecular weight excluding hydrogens is 342 g/mol. The monoisotopic (exact) mass is 361 g/mol. The molecule has 0 aliphatic carbocycles. The van der Waals surface area contributed by atoms with E-state index in [1.807, 2.05) is 44.2 Å². The fraction of sp³-hybridized carbons (Fsp3) is 0.200. The van der Waals surface area contributed by atoms with Gasteiger partial charge in [0.2, 0.25) is 5.91 Å². The second-order valence-corrected chi connectivity index (χ2v) is 6.57. The fourth-order valence-corrected chi connectivity index (χ4v) is 3.23. The van der Waals surface area contributed by atoms with Crippen LogP contribution < -0.4 is 10.7 Å². The summed E-state index contributed by atoms with van der Waals surface area (Å²) in [7, 11) is 0. The van der Waals surface area contributed by atoms with Crippen LogP contribution in [0.5, 0.6) is 0 Å². The van der Waals surface area contributed by atoms with Crippen molar-refractivity contribution < 1.29 is 4.79 Å². The van der Waals surface area contributed by atoms with E-state index in [0.29, 0.717) is 28.8 Å². The predicted molar refractivity (Wildman–Crippen MR) is 105 cm³/mol. The zero-order valence-corrected chi connectivity index (χ0v) is 15.1. The minimum atomic E-state index is -0.198. The molecule has 0 atom stereocenters. The van der Waals surface area contributed by atoms with Gasteiger partial charge < -0.3 is 10.3 Å². The number of para-hydroxylation sites is 1. The largest absolute Gasteiger partial charge is 0.358 e. The van der Waals surface area contributed by atoms with Crippen LogP contribution in [0, 0.1) is 13.8 Å². The highest BCUT2D eigenvalue weighted by atomic mass is 16.1. The maximum atomic E-state index is 12.7. The first-order chi connectivity index (χ1) is 13.0. The Morgan fingerprint density at radius 1 is 1.11 bits per heavy atom. The molecule has 27 heavy (non-hydrogen) atoms. The van der Waals surface area contributed by atoms with Gasteiger partial charge in [-0.25, -0.2) is 4.98 Å². The number of anilines is 1. The lowest BCUT2D eigenvalue weighted by atomic mass is 10.0. The van der Waals surface area contributed by atoms with Crippen molar-refractivity contribution in [1.29, 1.82) is 0 Å². The number of aryl methyl sites for hydroxylation is 2. The van der Waals surface area contributed by atoms with Gasteiger partial charge in [0.15, 0.2) is 16.9 Å². The molecular formula is C20H19N5O2. The number of nitrogens with zero attached hydrogens (tertiary/aromatic N) is 2. The highest BCUT2D eigenvalue weighted by molar-refractivity contribution is 5.98. The zero-order valence-electron chi connectivity index (χ0n) is 15.1. The van der Waals surface area contributed by atoms with E-state index < -0.39 is 0 Å². The van der Waals surface area contributed by atoms with E-state index in [1.165, 1.54) is 0 Å². The third-order valence-electron chi connectivity index (χ3n) is 4.64. The maximum Gasteiger partial charge on any atom is 0.225 e. The summed E-state index contributed by atoms with van der Waals surface area (Å²) in [4.78, 5) is 32.7.